The highest BCUT2D eigenvalue weighted by molar-refractivity contribution is 5.56. The summed E-state index contributed by atoms with van der Waals surface area (Å²) >= 11 is 0. The van der Waals surface area contributed by atoms with Gasteiger partial charge in [0.15, 0.2) is 0 Å². The van der Waals surface area contributed by atoms with E-state index in [1.807, 2.05) is 26.0 Å². The maximum Gasteiger partial charge on any atom is 0.118 e. The summed E-state index contributed by atoms with van der Waals surface area (Å²) in [6.45, 7) is 21.9. The molecule has 0 aliphatic carbocycles. The second-order valence-corrected chi connectivity index (χ2v) is 11.5. The van der Waals surface area contributed by atoms with Crippen molar-refractivity contribution >= 4 is 0 Å². The number of phenols is 2. The molecule has 0 fully saturated rings. The van der Waals surface area contributed by atoms with Crippen LogP contribution in [0.4, 0.5) is 0 Å². The van der Waals surface area contributed by atoms with E-state index in [0.29, 0.717) is 11.5 Å². The van der Waals surface area contributed by atoms with Crippen molar-refractivity contribution in [3.8, 4) is 11.5 Å². The van der Waals surface area contributed by atoms with Gasteiger partial charge in [-0.25, -0.2) is 0 Å². The third kappa shape index (κ3) is 4.94. The van der Waals surface area contributed by atoms with Crippen LogP contribution in [-0.4, -0.2) is 10.2 Å². The topological polar surface area (TPSA) is 40.5 Å². The van der Waals surface area contributed by atoms with Crippen molar-refractivity contribution < 1.29 is 10.2 Å². The van der Waals surface area contributed by atoms with E-state index in [9.17, 15) is 10.2 Å². The van der Waals surface area contributed by atoms with E-state index in [-0.39, 0.29) is 16.2 Å². The molecule has 2 nitrogen and oxygen atoms in total. The zero-order chi connectivity index (χ0) is 23.8. The summed E-state index contributed by atoms with van der Waals surface area (Å²) in [5.41, 5.74) is 6.56. The molecule has 0 aliphatic heterocycles. The summed E-state index contributed by atoms with van der Waals surface area (Å²) in [5, 5.41) is 21.2. The lowest BCUT2D eigenvalue weighted by Gasteiger charge is -2.42. The van der Waals surface area contributed by atoms with Gasteiger partial charge in [0.05, 0.1) is 0 Å². The number of phenolic OH excluding ortho intramolecular Hbond substituents is 2. The van der Waals surface area contributed by atoms with E-state index in [0.717, 1.165) is 36.8 Å². The molecule has 0 radical (unpaired) electrons. The van der Waals surface area contributed by atoms with Gasteiger partial charge in [0.1, 0.15) is 11.5 Å². The summed E-state index contributed by atoms with van der Waals surface area (Å²) in [6.07, 6.45) is 4.18. The summed E-state index contributed by atoms with van der Waals surface area (Å²) < 4.78 is 0. The number of hydrogen-bond donors (Lipinski definition) is 2. The highest BCUT2D eigenvalue weighted by atomic mass is 16.3. The van der Waals surface area contributed by atoms with E-state index in [1.54, 1.807) is 0 Å². The molecule has 2 heteroatoms. The molecule has 0 aromatic heterocycles. The van der Waals surface area contributed by atoms with Crippen LogP contribution in [0.5, 0.6) is 11.5 Å². The summed E-state index contributed by atoms with van der Waals surface area (Å²) in [6, 6.07) is 8.45. The van der Waals surface area contributed by atoms with Crippen LogP contribution < -0.4 is 0 Å². The quantitative estimate of drug-likeness (QED) is 0.490. The minimum Gasteiger partial charge on any atom is -0.508 e. The van der Waals surface area contributed by atoms with Crippen LogP contribution >= 0.6 is 0 Å². The van der Waals surface area contributed by atoms with Crippen molar-refractivity contribution in [2.75, 3.05) is 0 Å². The number of aryl methyl sites for hydroxylation is 2. The highest BCUT2D eigenvalue weighted by Gasteiger charge is 2.40. The van der Waals surface area contributed by atoms with Gasteiger partial charge >= 0.3 is 0 Å². The fourth-order valence-electron chi connectivity index (χ4n) is 5.09. The smallest absolute Gasteiger partial charge is 0.118 e. The Hall–Kier alpha value is -1.96. The number of rotatable bonds is 6. The normalized spacial score (nSPS) is 13.0. The summed E-state index contributed by atoms with van der Waals surface area (Å²) in [4.78, 5) is 0. The molecule has 31 heavy (non-hydrogen) atoms. The van der Waals surface area contributed by atoms with Crippen LogP contribution in [-0.2, 0) is 16.2 Å². The van der Waals surface area contributed by atoms with E-state index >= 15 is 0 Å². The first-order chi connectivity index (χ1) is 14.2. The van der Waals surface area contributed by atoms with Crippen molar-refractivity contribution in [2.45, 2.75) is 111 Å². The van der Waals surface area contributed by atoms with Crippen molar-refractivity contribution in [2.24, 2.45) is 0 Å². The minimum absolute atomic E-state index is 0.0961. The third-order valence-electron chi connectivity index (χ3n) is 6.67. The van der Waals surface area contributed by atoms with E-state index in [4.69, 9.17) is 0 Å². The maximum absolute atomic E-state index is 10.6. The van der Waals surface area contributed by atoms with Crippen molar-refractivity contribution in [3.05, 3.63) is 57.6 Å². The van der Waals surface area contributed by atoms with Gasteiger partial charge in [-0.15, -0.1) is 0 Å². The largest absolute Gasteiger partial charge is 0.508 e. The number of hydrogen-bond acceptors (Lipinski definition) is 2. The van der Waals surface area contributed by atoms with E-state index in [1.165, 1.54) is 22.3 Å². The van der Waals surface area contributed by atoms with Gasteiger partial charge in [0.2, 0.25) is 0 Å². The Bertz CT molecular complexity index is 846. The van der Waals surface area contributed by atoms with Crippen LogP contribution in [0.2, 0.25) is 0 Å². The minimum atomic E-state index is -0.175. The molecule has 0 amide bonds. The lowest BCUT2D eigenvalue weighted by molar-refractivity contribution is 0.397. The van der Waals surface area contributed by atoms with Gasteiger partial charge in [-0.05, 0) is 83.0 Å². The first-order valence-corrected chi connectivity index (χ1v) is 11.9. The highest BCUT2D eigenvalue weighted by Crippen LogP contribution is 2.50. The molecule has 2 rings (SSSR count). The standard InChI is InChI=1S/C29H44O2/c1-11-13-29(14-12-2,23-15-19(3)25(30)17-21(23)27(5,6)7)24-16-20(4)26(31)18-22(24)28(8,9)10/h15-18,30-31H,11-14H2,1-10H3. The lowest BCUT2D eigenvalue weighted by Crippen LogP contribution is -2.34. The van der Waals surface area contributed by atoms with Gasteiger partial charge in [-0.2, -0.15) is 0 Å². The molecule has 0 atom stereocenters. The molecule has 0 saturated carbocycles. The Morgan fingerprint density at radius 2 is 0.903 bits per heavy atom. The number of benzene rings is 2. The molecular formula is C29H44O2. The molecule has 2 aromatic rings. The van der Waals surface area contributed by atoms with Gasteiger partial charge in [-0.3, -0.25) is 0 Å². The molecule has 2 N–H and O–H groups in total. The Labute approximate surface area is 190 Å². The van der Waals surface area contributed by atoms with Crippen molar-refractivity contribution in [3.63, 3.8) is 0 Å². The molecule has 0 saturated heterocycles. The van der Waals surface area contributed by atoms with E-state index < -0.39 is 0 Å². The van der Waals surface area contributed by atoms with E-state index in [2.05, 4.69) is 67.5 Å². The average molecular weight is 425 g/mol. The van der Waals surface area contributed by atoms with Crippen LogP contribution in [0.1, 0.15) is 114 Å². The summed E-state index contributed by atoms with van der Waals surface area (Å²) in [7, 11) is 0. The Morgan fingerprint density at radius 3 is 1.16 bits per heavy atom. The van der Waals surface area contributed by atoms with Gasteiger partial charge in [0, 0.05) is 5.41 Å². The van der Waals surface area contributed by atoms with Gasteiger partial charge in [-0.1, -0.05) is 80.4 Å². The Kier molecular flexibility index (Phi) is 7.25. The molecule has 0 aliphatic rings. The maximum atomic E-state index is 10.6. The SMILES string of the molecule is CCCC(CCC)(c1cc(C)c(O)cc1C(C)(C)C)c1cc(C)c(O)cc1C(C)(C)C. The molecule has 0 unspecified atom stereocenters. The molecule has 0 heterocycles. The van der Waals surface area contributed by atoms with Crippen molar-refractivity contribution in [1.29, 1.82) is 0 Å². The van der Waals surface area contributed by atoms with Crippen molar-refractivity contribution in [1.82, 2.24) is 0 Å². The summed E-state index contributed by atoms with van der Waals surface area (Å²) in [5.74, 6) is 0.738. The van der Waals surface area contributed by atoms with Crippen LogP contribution in [0.15, 0.2) is 24.3 Å². The number of aromatic hydroxyl groups is 2. The molecule has 0 bridgehead atoms. The second-order valence-electron chi connectivity index (χ2n) is 11.5. The zero-order valence-electron chi connectivity index (χ0n) is 21.5. The van der Waals surface area contributed by atoms with Crippen LogP contribution in [0.3, 0.4) is 0 Å². The first kappa shape index (κ1) is 25.3. The predicted molar refractivity (Wildman–Crippen MR) is 134 cm³/mol. The molecule has 172 valence electrons. The molecular weight excluding hydrogens is 380 g/mol. The predicted octanol–water partition coefficient (Wildman–Crippen LogP) is 8.20. The van der Waals surface area contributed by atoms with Crippen LogP contribution in [0.25, 0.3) is 0 Å². The van der Waals surface area contributed by atoms with Gasteiger partial charge in [0.25, 0.3) is 0 Å². The monoisotopic (exact) mass is 424 g/mol. The van der Waals surface area contributed by atoms with Gasteiger partial charge < -0.3 is 10.2 Å². The molecule has 0 spiro atoms. The Balaban J connectivity index is 3.09. The average Bonchev–Trinajstić information content (AvgIpc) is 2.63. The Morgan fingerprint density at radius 1 is 0.581 bits per heavy atom. The second kappa shape index (κ2) is 8.88. The fraction of sp³-hybridized carbons (Fsp3) is 0.586. The first-order valence-electron chi connectivity index (χ1n) is 11.9. The van der Waals surface area contributed by atoms with Crippen LogP contribution in [0, 0.1) is 13.8 Å². The fourth-order valence-corrected chi connectivity index (χ4v) is 5.09. The lowest BCUT2D eigenvalue weighted by atomic mass is 9.61. The third-order valence-corrected chi connectivity index (χ3v) is 6.67. The zero-order valence-corrected chi connectivity index (χ0v) is 21.5. The molecule has 2 aromatic carbocycles.